The van der Waals surface area contributed by atoms with E-state index in [2.05, 4.69) is 5.32 Å². The van der Waals surface area contributed by atoms with Crippen LogP contribution >= 0.6 is 11.3 Å². The van der Waals surface area contributed by atoms with Crippen molar-refractivity contribution in [3.8, 4) is 0 Å². The fraction of sp³-hybridized carbons (Fsp3) is 0.136. The lowest BCUT2D eigenvalue weighted by Gasteiger charge is -2.18. The summed E-state index contributed by atoms with van der Waals surface area (Å²) in [6.45, 7) is 1.61. The number of carbonyl (C=O) groups excluding carboxylic acids is 3. The van der Waals surface area contributed by atoms with Crippen LogP contribution in [0.15, 0.2) is 72.1 Å². The van der Waals surface area contributed by atoms with Gasteiger partial charge in [0.2, 0.25) is 5.78 Å². The van der Waals surface area contributed by atoms with Gasteiger partial charge in [-0.25, -0.2) is 0 Å². The minimum absolute atomic E-state index is 0.316. The topological polar surface area (TPSA) is 72.5 Å². The van der Waals surface area contributed by atoms with Gasteiger partial charge in [-0.3, -0.25) is 14.4 Å². The molecule has 1 unspecified atom stereocenters. The van der Waals surface area contributed by atoms with Gasteiger partial charge in [0.15, 0.2) is 6.10 Å². The minimum atomic E-state index is -1.07. The Morgan fingerprint density at radius 3 is 2.32 bits per heavy atom. The molecule has 0 bridgehead atoms. The first-order valence-electron chi connectivity index (χ1n) is 8.71. The van der Waals surface area contributed by atoms with Crippen molar-refractivity contribution < 1.29 is 19.1 Å². The molecule has 1 atom stereocenters. The van der Waals surface area contributed by atoms with Gasteiger partial charge in [0, 0.05) is 11.1 Å². The molecule has 142 valence electrons. The number of ketones is 1. The molecule has 0 aliphatic rings. The fourth-order valence-corrected chi connectivity index (χ4v) is 3.23. The van der Waals surface area contributed by atoms with Crippen molar-refractivity contribution in [2.24, 2.45) is 0 Å². The molecule has 2 aromatic carbocycles. The third-order valence-electron chi connectivity index (χ3n) is 4.06. The Kier molecular flexibility index (Phi) is 6.34. The Morgan fingerprint density at radius 1 is 0.964 bits per heavy atom. The zero-order chi connectivity index (χ0) is 19.9. The predicted octanol–water partition coefficient (Wildman–Crippen LogP) is 3.95. The smallest absolute Gasteiger partial charge is 0.326 e. The number of nitrogens with one attached hydrogen (secondary N) is 1. The molecule has 0 spiro atoms. The normalized spacial score (nSPS) is 11.5. The highest BCUT2D eigenvalue weighted by Crippen LogP contribution is 2.23. The number of benzene rings is 2. The summed E-state index contributed by atoms with van der Waals surface area (Å²) in [4.78, 5) is 37.7. The van der Waals surface area contributed by atoms with E-state index < -0.39 is 12.1 Å². The molecule has 0 fully saturated rings. The van der Waals surface area contributed by atoms with Crippen LogP contribution in [0.2, 0.25) is 0 Å². The van der Waals surface area contributed by atoms with Gasteiger partial charge in [0.25, 0.3) is 5.91 Å². The molecule has 0 saturated carbocycles. The Labute approximate surface area is 167 Å². The lowest BCUT2D eigenvalue weighted by molar-refractivity contribution is -0.146. The number of thiophene rings is 1. The number of hydrogen-bond donors (Lipinski definition) is 1. The van der Waals surface area contributed by atoms with Crippen LogP contribution in [0.25, 0.3) is 0 Å². The van der Waals surface area contributed by atoms with Gasteiger partial charge >= 0.3 is 5.97 Å². The summed E-state index contributed by atoms with van der Waals surface area (Å²) in [5.74, 6) is -1.35. The molecule has 1 N–H and O–H groups in total. The SMILES string of the molecule is Cc1ccc(C(=O)C(OC(=O)CNC(=O)c2cccs2)c2ccccc2)cc1. The first kappa shape index (κ1) is 19.5. The number of aryl methyl sites for hydroxylation is 1. The highest BCUT2D eigenvalue weighted by Gasteiger charge is 2.26. The molecule has 3 aromatic rings. The third kappa shape index (κ3) is 4.92. The molecular weight excluding hydrogens is 374 g/mol. The number of amides is 1. The number of carbonyl (C=O) groups is 3. The van der Waals surface area contributed by atoms with Crippen LogP contribution in [-0.2, 0) is 9.53 Å². The number of esters is 1. The average Bonchev–Trinajstić information content (AvgIpc) is 3.26. The molecule has 1 amide bonds. The number of hydrogen-bond acceptors (Lipinski definition) is 5. The second-order valence-electron chi connectivity index (χ2n) is 6.17. The van der Waals surface area contributed by atoms with E-state index in [4.69, 9.17) is 4.74 Å². The monoisotopic (exact) mass is 393 g/mol. The molecule has 6 heteroatoms. The minimum Gasteiger partial charge on any atom is -0.448 e. The van der Waals surface area contributed by atoms with Crippen LogP contribution in [0.5, 0.6) is 0 Å². The van der Waals surface area contributed by atoms with Crippen molar-refractivity contribution in [3.63, 3.8) is 0 Å². The van der Waals surface area contributed by atoms with E-state index in [-0.39, 0.29) is 18.2 Å². The molecule has 0 radical (unpaired) electrons. The molecule has 1 heterocycles. The fourth-order valence-electron chi connectivity index (χ4n) is 2.59. The van der Waals surface area contributed by atoms with Crippen LogP contribution in [-0.4, -0.2) is 24.2 Å². The second-order valence-corrected chi connectivity index (χ2v) is 7.12. The van der Waals surface area contributed by atoms with Gasteiger partial charge in [0.1, 0.15) is 6.54 Å². The number of Topliss-reactive ketones (excluding diaryl/α,β-unsaturated/α-hetero) is 1. The summed E-state index contributed by atoms with van der Waals surface area (Å²) in [6, 6.07) is 19.3. The lowest BCUT2D eigenvalue weighted by atomic mass is 9.99. The zero-order valence-electron chi connectivity index (χ0n) is 15.3. The van der Waals surface area contributed by atoms with E-state index in [1.54, 1.807) is 53.9 Å². The van der Waals surface area contributed by atoms with Crippen LogP contribution < -0.4 is 5.32 Å². The van der Waals surface area contributed by atoms with Crippen LogP contribution in [0.1, 0.15) is 37.3 Å². The summed E-state index contributed by atoms with van der Waals surface area (Å²) >= 11 is 1.28. The van der Waals surface area contributed by atoms with Gasteiger partial charge in [-0.15, -0.1) is 11.3 Å². The molecule has 28 heavy (non-hydrogen) atoms. The van der Waals surface area contributed by atoms with Crippen molar-refractivity contribution in [1.82, 2.24) is 5.32 Å². The van der Waals surface area contributed by atoms with E-state index in [9.17, 15) is 14.4 Å². The lowest BCUT2D eigenvalue weighted by Crippen LogP contribution is -2.32. The molecule has 0 saturated heterocycles. The van der Waals surface area contributed by atoms with Gasteiger partial charge in [-0.1, -0.05) is 66.2 Å². The highest BCUT2D eigenvalue weighted by molar-refractivity contribution is 7.12. The van der Waals surface area contributed by atoms with Crippen molar-refractivity contribution in [2.75, 3.05) is 6.54 Å². The van der Waals surface area contributed by atoms with Crippen molar-refractivity contribution in [1.29, 1.82) is 0 Å². The molecular formula is C22H19NO4S. The Morgan fingerprint density at radius 2 is 1.68 bits per heavy atom. The third-order valence-corrected chi connectivity index (χ3v) is 4.93. The zero-order valence-corrected chi connectivity index (χ0v) is 16.1. The van der Waals surface area contributed by atoms with Gasteiger partial charge in [-0.2, -0.15) is 0 Å². The maximum absolute atomic E-state index is 13.0. The summed E-state index contributed by atoms with van der Waals surface area (Å²) in [5.41, 5.74) is 2.06. The molecule has 0 aliphatic carbocycles. The Bertz CT molecular complexity index is 950. The standard InChI is InChI=1S/C22H19NO4S/c1-15-9-11-16(12-10-15)20(25)21(17-6-3-2-4-7-17)27-19(24)14-23-22(26)18-8-5-13-28-18/h2-13,21H,14H2,1H3,(H,23,26). The first-order valence-corrected chi connectivity index (χ1v) is 9.59. The van der Waals surface area contributed by atoms with Crippen molar-refractivity contribution >= 4 is 29.0 Å². The summed E-state index contributed by atoms with van der Waals surface area (Å²) in [6.07, 6.45) is -1.07. The maximum atomic E-state index is 13.0. The Hall–Kier alpha value is -3.25. The number of rotatable bonds is 7. The van der Waals surface area contributed by atoms with Crippen molar-refractivity contribution in [2.45, 2.75) is 13.0 Å². The largest absolute Gasteiger partial charge is 0.448 e. The summed E-state index contributed by atoms with van der Waals surface area (Å²) in [7, 11) is 0. The molecule has 3 rings (SSSR count). The Balaban J connectivity index is 1.72. The second kappa shape index (κ2) is 9.10. The van der Waals surface area contributed by atoms with Gasteiger partial charge in [-0.05, 0) is 18.4 Å². The predicted molar refractivity (Wildman–Crippen MR) is 107 cm³/mol. The van der Waals surface area contributed by atoms with Gasteiger partial charge < -0.3 is 10.1 Å². The highest BCUT2D eigenvalue weighted by atomic mass is 32.1. The van der Waals surface area contributed by atoms with E-state index in [1.165, 1.54) is 11.3 Å². The van der Waals surface area contributed by atoms with Crippen LogP contribution in [0.4, 0.5) is 0 Å². The quantitative estimate of drug-likeness (QED) is 0.487. The average molecular weight is 393 g/mol. The maximum Gasteiger partial charge on any atom is 0.326 e. The van der Waals surface area contributed by atoms with E-state index in [0.29, 0.717) is 16.0 Å². The van der Waals surface area contributed by atoms with Gasteiger partial charge in [0.05, 0.1) is 4.88 Å². The molecule has 1 aromatic heterocycles. The van der Waals surface area contributed by atoms with E-state index >= 15 is 0 Å². The first-order chi connectivity index (χ1) is 13.5. The van der Waals surface area contributed by atoms with Crippen LogP contribution in [0, 0.1) is 6.92 Å². The van der Waals surface area contributed by atoms with Crippen molar-refractivity contribution in [3.05, 3.63) is 93.7 Å². The molecule has 5 nitrogen and oxygen atoms in total. The summed E-state index contributed by atoms with van der Waals surface area (Å²) in [5, 5.41) is 4.29. The molecule has 0 aliphatic heterocycles. The van der Waals surface area contributed by atoms with E-state index in [1.807, 2.05) is 25.1 Å². The van der Waals surface area contributed by atoms with Crippen LogP contribution in [0.3, 0.4) is 0 Å². The van der Waals surface area contributed by atoms with E-state index in [0.717, 1.165) is 5.56 Å². The summed E-state index contributed by atoms with van der Waals surface area (Å²) < 4.78 is 5.45. The number of ether oxygens (including phenoxy) is 1.